The Labute approximate surface area is 117 Å². The van der Waals surface area contributed by atoms with Crippen LogP contribution in [0.4, 0.5) is 0 Å². The van der Waals surface area contributed by atoms with Crippen LogP contribution in [0.2, 0.25) is 0 Å². The van der Waals surface area contributed by atoms with Crippen molar-refractivity contribution in [2.75, 3.05) is 46.5 Å². The molecular weight excluding hydrogens is 240 g/mol. The van der Waals surface area contributed by atoms with E-state index in [0.717, 1.165) is 39.4 Å². The maximum atomic E-state index is 5.85. The molecule has 0 amide bonds. The summed E-state index contributed by atoms with van der Waals surface area (Å²) in [5.41, 5.74) is 0.530. The lowest BCUT2D eigenvalue weighted by atomic mass is 10.0. The number of hydrogen-bond donors (Lipinski definition) is 1. The van der Waals surface area contributed by atoms with Crippen LogP contribution in [0.25, 0.3) is 0 Å². The Bertz CT molecular complexity index is 267. The van der Waals surface area contributed by atoms with E-state index in [2.05, 4.69) is 24.1 Å². The van der Waals surface area contributed by atoms with Crippen molar-refractivity contribution in [2.45, 2.75) is 45.3 Å². The summed E-state index contributed by atoms with van der Waals surface area (Å²) in [6.07, 6.45) is 4.26. The average Bonchev–Trinajstić information content (AvgIpc) is 3.17. The van der Waals surface area contributed by atoms with Crippen LogP contribution in [0.3, 0.4) is 0 Å². The smallest absolute Gasteiger partial charge is 0.0826 e. The molecule has 1 atom stereocenters. The maximum Gasteiger partial charge on any atom is 0.0826 e. The molecule has 1 heterocycles. The topological polar surface area (TPSA) is 33.7 Å². The van der Waals surface area contributed by atoms with Gasteiger partial charge in [0, 0.05) is 45.9 Å². The van der Waals surface area contributed by atoms with Gasteiger partial charge in [0.05, 0.1) is 12.7 Å². The van der Waals surface area contributed by atoms with Crippen molar-refractivity contribution in [1.29, 1.82) is 0 Å². The van der Waals surface area contributed by atoms with E-state index in [1.807, 2.05) is 0 Å². The van der Waals surface area contributed by atoms with Crippen LogP contribution in [0, 0.1) is 5.41 Å². The third-order valence-corrected chi connectivity index (χ3v) is 4.57. The van der Waals surface area contributed by atoms with E-state index in [-0.39, 0.29) is 0 Å². The second-order valence-corrected chi connectivity index (χ2v) is 6.46. The summed E-state index contributed by atoms with van der Waals surface area (Å²) in [7, 11) is 1.79. The summed E-state index contributed by atoms with van der Waals surface area (Å²) in [6.45, 7) is 10.5. The van der Waals surface area contributed by atoms with Gasteiger partial charge in [-0.05, 0) is 38.5 Å². The van der Waals surface area contributed by atoms with Gasteiger partial charge in [-0.2, -0.15) is 0 Å². The summed E-state index contributed by atoms with van der Waals surface area (Å²) < 4.78 is 11.0. The van der Waals surface area contributed by atoms with Crippen LogP contribution < -0.4 is 5.32 Å². The van der Waals surface area contributed by atoms with Crippen molar-refractivity contribution in [3.05, 3.63) is 0 Å². The molecule has 0 aromatic heterocycles. The number of methoxy groups -OCH3 is 1. The van der Waals surface area contributed by atoms with Gasteiger partial charge in [-0.25, -0.2) is 0 Å². The monoisotopic (exact) mass is 270 g/mol. The van der Waals surface area contributed by atoms with Gasteiger partial charge in [-0.3, -0.25) is 4.90 Å². The predicted octanol–water partition coefficient (Wildman–Crippen LogP) is 1.50. The third-order valence-electron chi connectivity index (χ3n) is 4.57. The van der Waals surface area contributed by atoms with Crippen molar-refractivity contribution in [2.24, 2.45) is 5.41 Å². The largest absolute Gasteiger partial charge is 0.385 e. The number of nitrogens with zero attached hydrogens (tertiary/aromatic N) is 1. The minimum absolute atomic E-state index is 0.356. The molecule has 1 saturated heterocycles. The van der Waals surface area contributed by atoms with Gasteiger partial charge in [-0.15, -0.1) is 0 Å². The van der Waals surface area contributed by atoms with Crippen LogP contribution in [0.5, 0.6) is 0 Å². The molecule has 2 aliphatic rings. The molecule has 4 nitrogen and oxygen atoms in total. The van der Waals surface area contributed by atoms with E-state index >= 15 is 0 Å². The summed E-state index contributed by atoms with van der Waals surface area (Å²) in [5, 5.41) is 3.62. The molecule has 2 rings (SSSR count). The molecule has 4 heteroatoms. The van der Waals surface area contributed by atoms with Crippen LogP contribution >= 0.6 is 0 Å². The Balaban J connectivity index is 1.63. The first-order chi connectivity index (χ1) is 9.15. The highest BCUT2D eigenvalue weighted by atomic mass is 16.5. The number of morpholine rings is 1. The molecule has 1 N–H and O–H groups in total. The molecule has 1 aliphatic heterocycles. The maximum absolute atomic E-state index is 5.85. The molecule has 2 fully saturated rings. The highest BCUT2D eigenvalue weighted by molar-refractivity contribution is 4.95. The van der Waals surface area contributed by atoms with E-state index in [1.165, 1.54) is 19.3 Å². The zero-order valence-corrected chi connectivity index (χ0v) is 12.8. The molecular formula is C15H30N2O2. The Morgan fingerprint density at radius 3 is 2.84 bits per heavy atom. The molecule has 0 bridgehead atoms. The van der Waals surface area contributed by atoms with Gasteiger partial charge >= 0.3 is 0 Å². The molecule has 19 heavy (non-hydrogen) atoms. The van der Waals surface area contributed by atoms with Gasteiger partial charge in [-0.1, -0.05) is 0 Å². The summed E-state index contributed by atoms with van der Waals surface area (Å²) in [5.74, 6) is 0. The zero-order chi connectivity index (χ0) is 13.7. The third kappa shape index (κ3) is 4.71. The second-order valence-electron chi connectivity index (χ2n) is 6.46. The van der Waals surface area contributed by atoms with Gasteiger partial charge in [0.2, 0.25) is 0 Å². The summed E-state index contributed by atoms with van der Waals surface area (Å²) in [6, 6.07) is 0.628. The first-order valence-corrected chi connectivity index (χ1v) is 7.70. The predicted molar refractivity (Wildman–Crippen MR) is 77.5 cm³/mol. The number of hydrogen-bond acceptors (Lipinski definition) is 4. The van der Waals surface area contributed by atoms with Crippen molar-refractivity contribution in [1.82, 2.24) is 10.2 Å². The van der Waals surface area contributed by atoms with Crippen molar-refractivity contribution < 1.29 is 9.47 Å². The van der Waals surface area contributed by atoms with E-state index < -0.39 is 0 Å². The Morgan fingerprint density at radius 2 is 2.21 bits per heavy atom. The Kier molecular flexibility index (Phi) is 5.63. The normalized spacial score (nSPS) is 26.8. The average molecular weight is 270 g/mol. The summed E-state index contributed by atoms with van der Waals surface area (Å²) >= 11 is 0. The van der Waals surface area contributed by atoms with Gasteiger partial charge in [0.15, 0.2) is 0 Å². The molecule has 0 spiro atoms. The first kappa shape index (κ1) is 15.2. The zero-order valence-electron chi connectivity index (χ0n) is 12.8. The lowest BCUT2D eigenvalue weighted by molar-refractivity contribution is -0.0375. The van der Waals surface area contributed by atoms with Crippen LogP contribution in [0.1, 0.15) is 33.1 Å². The SMILES string of the molecule is COCCC1(CNCC2CN(C(C)C)CCO2)CC1. The molecule has 1 unspecified atom stereocenters. The first-order valence-electron chi connectivity index (χ1n) is 7.70. The van der Waals surface area contributed by atoms with Crippen molar-refractivity contribution in [3.63, 3.8) is 0 Å². The molecule has 0 aromatic carbocycles. The van der Waals surface area contributed by atoms with E-state index in [1.54, 1.807) is 7.11 Å². The minimum atomic E-state index is 0.356. The Hall–Kier alpha value is -0.160. The fraction of sp³-hybridized carbons (Fsp3) is 1.00. The minimum Gasteiger partial charge on any atom is -0.385 e. The van der Waals surface area contributed by atoms with Gasteiger partial charge in [0.1, 0.15) is 0 Å². The molecule has 0 aromatic rings. The fourth-order valence-electron chi connectivity index (χ4n) is 2.84. The molecule has 1 aliphatic carbocycles. The highest BCUT2D eigenvalue weighted by Crippen LogP contribution is 2.48. The van der Waals surface area contributed by atoms with E-state index in [4.69, 9.17) is 9.47 Å². The van der Waals surface area contributed by atoms with Crippen LogP contribution in [-0.2, 0) is 9.47 Å². The lowest BCUT2D eigenvalue weighted by Crippen LogP contribution is -2.49. The number of rotatable bonds is 8. The molecule has 1 saturated carbocycles. The van der Waals surface area contributed by atoms with Crippen LogP contribution in [0.15, 0.2) is 0 Å². The van der Waals surface area contributed by atoms with E-state index in [0.29, 0.717) is 17.6 Å². The van der Waals surface area contributed by atoms with Crippen molar-refractivity contribution in [3.8, 4) is 0 Å². The Morgan fingerprint density at radius 1 is 1.42 bits per heavy atom. The number of nitrogens with one attached hydrogen (secondary N) is 1. The number of ether oxygens (including phenoxy) is 2. The van der Waals surface area contributed by atoms with E-state index in [9.17, 15) is 0 Å². The molecule has 0 radical (unpaired) electrons. The fourth-order valence-corrected chi connectivity index (χ4v) is 2.84. The summed E-state index contributed by atoms with van der Waals surface area (Å²) in [4.78, 5) is 2.51. The standard InChI is InChI=1S/C15H30N2O2/c1-13(2)17-7-9-19-14(11-17)10-16-12-15(4-5-15)6-8-18-3/h13-14,16H,4-12H2,1-3H3. The highest BCUT2D eigenvalue weighted by Gasteiger charge is 2.41. The van der Waals surface area contributed by atoms with Gasteiger partial charge < -0.3 is 14.8 Å². The second kappa shape index (κ2) is 7.02. The van der Waals surface area contributed by atoms with Gasteiger partial charge in [0.25, 0.3) is 0 Å². The molecule has 112 valence electrons. The lowest BCUT2D eigenvalue weighted by Gasteiger charge is -2.35. The quantitative estimate of drug-likeness (QED) is 0.725. The van der Waals surface area contributed by atoms with Crippen LogP contribution in [-0.4, -0.2) is 63.5 Å². The van der Waals surface area contributed by atoms with Crippen molar-refractivity contribution >= 4 is 0 Å².